The van der Waals surface area contributed by atoms with Crippen molar-refractivity contribution in [2.45, 2.75) is 36.7 Å². The van der Waals surface area contributed by atoms with Gasteiger partial charge >= 0.3 is 41.9 Å². The highest BCUT2D eigenvalue weighted by molar-refractivity contribution is 5.06. The summed E-state index contributed by atoms with van der Waals surface area (Å²) < 4.78 is 163. The van der Waals surface area contributed by atoms with Gasteiger partial charge in [-0.05, 0) is 0 Å². The molecule has 22 heavy (non-hydrogen) atoms. The average molecular weight is 362 g/mol. The fourth-order valence-electron chi connectivity index (χ4n) is 0.871. The van der Waals surface area contributed by atoms with Crippen LogP contribution in [0.2, 0.25) is 0 Å². The molecular weight excluding hydrogens is 359 g/mol. The maximum absolute atomic E-state index is 12.8. The fraction of sp³-hybridized carbons (Fsp3) is 0.750. The Kier molecular flexibility index (Phi) is 5.03. The summed E-state index contributed by atoms with van der Waals surface area (Å²) in [7, 11) is 0. The normalized spacial score (nSPS) is 14.8. The zero-order valence-corrected chi connectivity index (χ0v) is 9.82. The Hall–Kier alpha value is -1.37. The number of hydrogen-bond acceptors (Lipinski definition) is 1. The van der Waals surface area contributed by atoms with Crippen LogP contribution in [0.15, 0.2) is 12.1 Å². The van der Waals surface area contributed by atoms with E-state index in [-0.39, 0.29) is 0 Å². The second-order valence-electron chi connectivity index (χ2n) is 3.76. The van der Waals surface area contributed by atoms with Gasteiger partial charge in [0.25, 0.3) is 0 Å². The minimum Gasteiger partial charge on any atom is -0.397 e. The van der Waals surface area contributed by atoms with E-state index in [9.17, 15) is 57.1 Å². The molecule has 0 bridgehead atoms. The monoisotopic (exact) mass is 362 g/mol. The van der Waals surface area contributed by atoms with Gasteiger partial charge in [-0.25, -0.2) is 0 Å². The molecule has 0 fully saturated rings. The van der Waals surface area contributed by atoms with Crippen molar-refractivity contribution in [3.05, 3.63) is 12.1 Å². The quantitative estimate of drug-likeness (QED) is 0.467. The van der Waals surface area contributed by atoms with Crippen molar-refractivity contribution in [3.8, 4) is 0 Å². The molecule has 0 amide bonds. The first-order valence-electron chi connectivity index (χ1n) is 4.62. The second-order valence-corrected chi connectivity index (χ2v) is 3.76. The zero-order chi connectivity index (χ0) is 18.4. The van der Waals surface area contributed by atoms with Crippen molar-refractivity contribution >= 4 is 0 Å². The molecule has 1 nitrogen and oxygen atoms in total. The van der Waals surface area contributed by atoms with Gasteiger partial charge in [-0.1, -0.05) is 0 Å². The van der Waals surface area contributed by atoms with E-state index in [1.165, 1.54) is 0 Å². The molecule has 0 saturated heterocycles. The highest BCUT2D eigenvalue weighted by Crippen LogP contribution is 2.57. The Morgan fingerprint density at radius 2 is 1.00 bits per heavy atom. The van der Waals surface area contributed by atoms with Gasteiger partial charge in [-0.15, -0.1) is 0 Å². The molecule has 0 unspecified atom stereocenters. The number of rotatable bonds is 6. The zero-order valence-electron chi connectivity index (χ0n) is 9.82. The Bertz CT molecular complexity index is 441. The average Bonchev–Trinajstić information content (AvgIpc) is 2.25. The van der Waals surface area contributed by atoms with Crippen LogP contribution in [0, 0.1) is 0 Å². The molecule has 0 aliphatic rings. The number of halogens is 13. The molecule has 0 aromatic rings. The summed E-state index contributed by atoms with van der Waals surface area (Å²) in [5.41, 5.74) is 0. The maximum atomic E-state index is 12.8. The second kappa shape index (κ2) is 5.37. The lowest BCUT2D eigenvalue weighted by molar-refractivity contribution is -0.440. The first kappa shape index (κ1) is 20.6. The van der Waals surface area contributed by atoms with E-state index >= 15 is 0 Å². The molecule has 0 aliphatic carbocycles. The molecule has 0 N–H and O–H groups in total. The first-order valence-corrected chi connectivity index (χ1v) is 4.62. The van der Waals surface area contributed by atoms with Crippen LogP contribution in [0.5, 0.6) is 0 Å². The summed E-state index contributed by atoms with van der Waals surface area (Å²) in [6.07, 6.45) is -10.8. The van der Waals surface area contributed by atoms with Crippen molar-refractivity contribution in [2.24, 2.45) is 0 Å². The minimum atomic E-state index is -7.49. The van der Waals surface area contributed by atoms with Crippen molar-refractivity contribution < 1.29 is 61.8 Å². The van der Waals surface area contributed by atoms with Crippen molar-refractivity contribution in [3.63, 3.8) is 0 Å². The van der Waals surface area contributed by atoms with E-state index in [4.69, 9.17) is 0 Å². The molecule has 0 saturated carbocycles. The molecule has 0 aliphatic heterocycles. The van der Waals surface area contributed by atoms with Crippen LogP contribution >= 0.6 is 0 Å². The van der Waals surface area contributed by atoms with Gasteiger partial charge in [0, 0.05) is 6.92 Å². The minimum absolute atomic E-state index is 0.988. The molecule has 0 aromatic heterocycles. The van der Waals surface area contributed by atoms with Gasteiger partial charge in [-0.2, -0.15) is 57.1 Å². The molecule has 14 heteroatoms. The number of hydrogen-bond donors (Lipinski definition) is 0. The number of ether oxygens (including phenoxy) is 1. The van der Waals surface area contributed by atoms with Gasteiger partial charge < -0.3 is 4.74 Å². The third-order valence-corrected chi connectivity index (χ3v) is 2.07. The van der Waals surface area contributed by atoms with Gasteiger partial charge in [0.1, 0.15) is 0 Å². The molecule has 0 aromatic carbocycles. The van der Waals surface area contributed by atoms with Crippen LogP contribution in [0.25, 0.3) is 0 Å². The van der Waals surface area contributed by atoms with Gasteiger partial charge in [0.2, 0.25) is 0 Å². The summed E-state index contributed by atoms with van der Waals surface area (Å²) >= 11 is 0. The molecule has 0 spiro atoms. The van der Waals surface area contributed by atoms with Crippen molar-refractivity contribution in [1.29, 1.82) is 0 Å². The highest BCUT2D eigenvalue weighted by atomic mass is 19.4. The molecule has 0 heterocycles. The van der Waals surface area contributed by atoms with Crippen LogP contribution in [0.3, 0.4) is 0 Å². The fourth-order valence-corrected chi connectivity index (χ4v) is 0.871. The topological polar surface area (TPSA) is 9.23 Å². The Labute approximate surface area is 112 Å². The standard InChI is InChI=1S/C8H3F13O/c1-4(12,13)5(14,15)6(16,17)7(18,19)8(20,21)22-3(11)2(9)10/h1H3. The van der Waals surface area contributed by atoms with Crippen LogP contribution in [-0.2, 0) is 4.74 Å². The van der Waals surface area contributed by atoms with Gasteiger partial charge in [-0.3, -0.25) is 0 Å². The summed E-state index contributed by atoms with van der Waals surface area (Å²) in [5, 5.41) is 0. The lowest BCUT2D eigenvalue weighted by Gasteiger charge is -2.37. The molecule has 0 radical (unpaired) electrons. The van der Waals surface area contributed by atoms with E-state index < -0.39 is 48.8 Å². The lowest BCUT2D eigenvalue weighted by atomic mass is 9.99. The lowest BCUT2D eigenvalue weighted by Crippen LogP contribution is -2.67. The van der Waals surface area contributed by atoms with E-state index in [0.717, 1.165) is 0 Å². The first-order chi connectivity index (χ1) is 9.33. The Morgan fingerprint density at radius 1 is 0.636 bits per heavy atom. The number of alkyl halides is 10. The van der Waals surface area contributed by atoms with Crippen LogP contribution in [0.4, 0.5) is 57.1 Å². The summed E-state index contributed by atoms with van der Waals surface area (Å²) in [6, 6.07) is -3.79. The maximum Gasteiger partial charge on any atom is 0.472 e. The van der Waals surface area contributed by atoms with E-state index in [1.54, 1.807) is 0 Å². The predicted octanol–water partition coefficient (Wildman–Crippen LogP) is 5.19. The van der Waals surface area contributed by atoms with Crippen LogP contribution in [0.1, 0.15) is 6.92 Å². The predicted molar refractivity (Wildman–Crippen MR) is 41.8 cm³/mol. The van der Waals surface area contributed by atoms with Crippen LogP contribution < -0.4 is 0 Å². The molecule has 132 valence electrons. The van der Waals surface area contributed by atoms with Gasteiger partial charge in [0.05, 0.1) is 0 Å². The van der Waals surface area contributed by atoms with E-state index in [1.807, 2.05) is 4.74 Å². The third kappa shape index (κ3) is 3.04. The molecule has 0 atom stereocenters. The van der Waals surface area contributed by atoms with E-state index in [0.29, 0.717) is 0 Å². The van der Waals surface area contributed by atoms with Gasteiger partial charge in [0.15, 0.2) is 0 Å². The van der Waals surface area contributed by atoms with Crippen LogP contribution in [-0.4, -0.2) is 29.8 Å². The van der Waals surface area contributed by atoms with E-state index in [2.05, 4.69) is 0 Å². The largest absolute Gasteiger partial charge is 0.472 e. The smallest absolute Gasteiger partial charge is 0.397 e. The molecular formula is C8H3F13O. The summed E-state index contributed by atoms with van der Waals surface area (Å²) in [4.78, 5) is 0. The highest BCUT2D eigenvalue weighted by Gasteiger charge is 2.87. The third-order valence-electron chi connectivity index (χ3n) is 2.07. The van der Waals surface area contributed by atoms with Crippen molar-refractivity contribution in [2.75, 3.05) is 0 Å². The summed E-state index contributed by atoms with van der Waals surface area (Å²) in [6.45, 7) is -0.988. The van der Waals surface area contributed by atoms with Crippen molar-refractivity contribution in [1.82, 2.24) is 0 Å². The SMILES string of the molecule is CC(F)(F)C(F)(F)C(F)(F)C(F)(F)C(F)(F)OC(F)=C(F)F. The Morgan fingerprint density at radius 3 is 1.27 bits per heavy atom. The Balaban J connectivity index is 5.95. The molecule has 0 rings (SSSR count). The summed E-state index contributed by atoms with van der Waals surface area (Å²) in [5.74, 6) is -27.9.